The molecule has 2 aromatic heterocycles. The number of benzene rings is 2. The molecule has 1 aliphatic rings. The van der Waals surface area contributed by atoms with Crippen LogP contribution in [0.25, 0.3) is 11.4 Å². The predicted molar refractivity (Wildman–Crippen MR) is 140 cm³/mol. The summed E-state index contributed by atoms with van der Waals surface area (Å²) in [5, 5.41) is 0. The summed E-state index contributed by atoms with van der Waals surface area (Å²) < 4.78 is 11.4. The van der Waals surface area contributed by atoms with E-state index in [9.17, 15) is 9.59 Å². The van der Waals surface area contributed by atoms with Crippen molar-refractivity contribution in [1.29, 1.82) is 0 Å². The fraction of sp³-hybridized carbons (Fsp3) is 0.226. The Morgan fingerprint density at radius 1 is 0.649 bits per heavy atom. The summed E-state index contributed by atoms with van der Waals surface area (Å²) >= 11 is 0. The van der Waals surface area contributed by atoms with Crippen molar-refractivity contribution in [2.75, 3.05) is 0 Å². The number of esters is 2. The predicted octanol–water partition coefficient (Wildman–Crippen LogP) is 6.01. The van der Waals surface area contributed by atoms with Crippen LogP contribution in [0.15, 0.2) is 97.3 Å². The first-order valence-electron chi connectivity index (χ1n) is 12.4. The van der Waals surface area contributed by atoms with Gasteiger partial charge in [-0.1, -0.05) is 62.4 Å². The molecule has 0 N–H and O–H groups in total. The van der Waals surface area contributed by atoms with E-state index in [0.717, 1.165) is 22.5 Å². The van der Waals surface area contributed by atoms with Crippen LogP contribution >= 0.6 is 0 Å². The van der Waals surface area contributed by atoms with Crippen LogP contribution in [0.5, 0.6) is 11.5 Å². The highest BCUT2D eigenvalue weighted by atomic mass is 16.5. The summed E-state index contributed by atoms with van der Waals surface area (Å²) in [6.45, 7) is 3.73. The average Bonchev–Trinajstić information content (AvgIpc) is 3.19. The van der Waals surface area contributed by atoms with Gasteiger partial charge in [-0.25, -0.2) is 0 Å². The smallest absolute Gasteiger partial charge is 0.314 e. The Bertz CT molecular complexity index is 1300. The van der Waals surface area contributed by atoms with Crippen molar-refractivity contribution in [2.24, 2.45) is 11.8 Å². The van der Waals surface area contributed by atoms with Gasteiger partial charge in [-0.05, 0) is 60.4 Å². The maximum Gasteiger partial charge on any atom is 0.314 e. The Kier molecular flexibility index (Phi) is 6.82. The fourth-order valence-electron chi connectivity index (χ4n) is 5.25. The van der Waals surface area contributed by atoms with E-state index >= 15 is 0 Å². The number of rotatable bonds is 8. The lowest BCUT2D eigenvalue weighted by Crippen LogP contribution is -2.36. The van der Waals surface area contributed by atoms with Crippen LogP contribution in [0.1, 0.15) is 37.8 Å². The Morgan fingerprint density at radius 3 is 1.46 bits per heavy atom. The minimum Gasteiger partial charge on any atom is -0.426 e. The van der Waals surface area contributed by atoms with Crippen molar-refractivity contribution in [1.82, 2.24) is 9.97 Å². The fourth-order valence-corrected chi connectivity index (χ4v) is 5.25. The molecule has 2 unspecified atom stereocenters. The Labute approximate surface area is 216 Å². The second-order valence-electron chi connectivity index (χ2n) is 9.56. The standard InChI is InChI=1S/C31H28N2O4/c1-21(29(34)36-23-11-5-3-6-12-23)19-31(20-22(2)30(35)37-24-13-7-4-8-14-24)25-15-9-17-32-27(25)28-26(31)16-10-18-33-28/h3-18,21-22H,19-20H2,1-2H3. The Hall–Kier alpha value is -4.32. The number of carbonyl (C=O) groups is 2. The number of hydrogen-bond acceptors (Lipinski definition) is 6. The van der Waals surface area contributed by atoms with Crippen LogP contribution < -0.4 is 9.47 Å². The lowest BCUT2D eigenvalue weighted by Gasteiger charge is -2.35. The Morgan fingerprint density at radius 2 is 1.05 bits per heavy atom. The molecule has 4 aromatic rings. The molecule has 0 spiro atoms. The zero-order valence-corrected chi connectivity index (χ0v) is 20.8. The van der Waals surface area contributed by atoms with Gasteiger partial charge in [0.05, 0.1) is 23.2 Å². The maximum absolute atomic E-state index is 13.2. The van der Waals surface area contributed by atoms with Crippen molar-refractivity contribution in [3.63, 3.8) is 0 Å². The molecule has 37 heavy (non-hydrogen) atoms. The molecule has 6 heteroatoms. The van der Waals surface area contributed by atoms with E-state index in [1.54, 1.807) is 36.7 Å². The molecule has 0 amide bonds. The number of carbonyl (C=O) groups excluding carboxylic acids is 2. The zero-order chi connectivity index (χ0) is 25.8. The molecule has 0 fully saturated rings. The molecule has 0 radical (unpaired) electrons. The van der Waals surface area contributed by atoms with Crippen LogP contribution in [0.3, 0.4) is 0 Å². The van der Waals surface area contributed by atoms with Gasteiger partial charge in [0.2, 0.25) is 0 Å². The van der Waals surface area contributed by atoms with E-state index in [1.165, 1.54) is 0 Å². The highest BCUT2D eigenvalue weighted by Gasteiger charge is 2.48. The number of pyridine rings is 2. The normalized spacial score (nSPS) is 14.6. The molecule has 2 atom stereocenters. The van der Waals surface area contributed by atoms with Crippen molar-refractivity contribution in [2.45, 2.75) is 32.1 Å². The minimum atomic E-state index is -0.669. The first-order chi connectivity index (χ1) is 18.0. The second kappa shape index (κ2) is 10.3. The van der Waals surface area contributed by atoms with Crippen LogP contribution in [0, 0.1) is 11.8 Å². The van der Waals surface area contributed by atoms with Crippen LogP contribution in [0.2, 0.25) is 0 Å². The number of aromatic nitrogens is 2. The van der Waals surface area contributed by atoms with E-state index in [2.05, 4.69) is 9.97 Å². The van der Waals surface area contributed by atoms with Gasteiger partial charge in [0.25, 0.3) is 0 Å². The van der Waals surface area contributed by atoms with E-state index in [4.69, 9.17) is 9.47 Å². The number of hydrogen-bond donors (Lipinski definition) is 0. The largest absolute Gasteiger partial charge is 0.426 e. The number of para-hydroxylation sites is 2. The van der Waals surface area contributed by atoms with Gasteiger partial charge in [-0.15, -0.1) is 0 Å². The molecule has 5 rings (SSSR count). The summed E-state index contributed by atoms with van der Waals surface area (Å²) in [6.07, 6.45) is 4.35. The summed E-state index contributed by atoms with van der Waals surface area (Å²) in [7, 11) is 0. The van der Waals surface area contributed by atoms with Crippen molar-refractivity contribution >= 4 is 11.9 Å². The monoisotopic (exact) mass is 492 g/mol. The summed E-state index contributed by atoms with van der Waals surface area (Å²) in [6, 6.07) is 25.9. The molecule has 186 valence electrons. The van der Waals surface area contributed by atoms with Crippen molar-refractivity contribution in [3.05, 3.63) is 108 Å². The lowest BCUT2D eigenvalue weighted by atomic mass is 9.67. The topological polar surface area (TPSA) is 78.4 Å². The van der Waals surface area contributed by atoms with E-state index < -0.39 is 17.3 Å². The maximum atomic E-state index is 13.2. The highest BCUT2D eigenvalue weighted by molar-refractivity contribution is 5.80. The third-order valence-corrected chi connectivity index (χ3v) is 6.91. The van der Waals surface area contributed by atoms with Gasteiger partial charge in [-0.2, -0.15) is 0 Å². The van der Waals surface area contributed by atoms with Crippen LogP contribution in [-0.4, -0.2) is 21.9 Å². The SMILES string of the molecule is CC(CC1(CC(C)C(=O)Oc2ccccc2)c2cccnc2-c2ncccc21)C(=O)Oc1ccccc1. The summed E-state index contributed by atoms with van der Waals surface area (Å²) in [5.74, 6) is -0.568. The third kappa shape index (κ3) is 4.87. The number of fused-ring (bicyclic) bond motifs is 3. The van der Waals surface area contributed by atoms with E-state index in [1.807, 2.05) is 74.5 Å². The van der Waals surface area contributed by atoms with Gasteiger partial charge in [0.1, 0.15) is 11.5 Å². The van der Waals surface area contributed by atoms with Gasteiger partial charge >= 0.3 is 11.9 Å². The quantitative estimate of drug-likeness (QED) is 0.222. The van der Waals surface area contributed by atoms with E-state index in [0.29, 0.717) is 24.3 Å². The molecule has 0 saturated carbocycles. The summed E-state index contributed by atoms with van der Waals surface area (Å²) in [5.41, 5.74) is 2.82. The number of ether oxygens (including phenoxy) is 2. The molecule has 0 saturated heterocycles. The van der Waals surface area contributed by atoms with Gasteiger partial charge < -0.3 is 9.47 Å². The molecule has 0 bridgehead atoms. The van der Waals surface area contributed by atoms with Crippen molar-refractivity contribution in [3.8, 4) is 22.9 Å². The van der Waals surface area contributed by atoms with Crippen LogP contribution in [-0.2, 0) is 15.0 Å². The first kappa shape index (κ1) is 24.4. The molecule has 1 aliphatic carbocycles. The molecule has 2 aromatic carbocycles. The van der Waals surface area contributed by atoms with Gasteiger partial charge in [0, 0.05) is 17.8 Å². The molecule has 6 nitrogen and oxygen atoms in total. The summed E-state index contributed by atoms with van der Waals surface area (Å²) in [4.78, 5) is 35.6. The third-order valence-electron chi connectivity index (χ3n) is 6.91. The van der Waals surface area contributed by atoms with Gasteiger partial charge in [-0.3, -0.25) is 19.6 Å². The van der Waals surface area contributed by atoms with Gasteiger partial charge in [0.15, 0.2) is 0 Å². The average molecular weight is 493 g/mol. The second-order valence-corrected chi connectivity index (χ2v) is 9.56. The van der Waals surface area contributed by atoms with E-state index in [-0.39, 0.29) is 11.9 Å². The highest BCUT2D eigenvalue weighted by Crippen LogP contribution is 2.53. The lowest BCUT2D eigenvalue weighted by molar-refractivity contribution is -0.139. The molecular weight excluding hydrogens is 464 g/mol. The first-order valence-corrected chi connectivity index (χ1v) is 12.4. The zero-order valence-electron chi connectivity index (χ0n) is 20.8. The molecule has 2 heterocycles. The molecule has 0 aliphatic heterocycles. The minimum absolute atomic E-state index is 0.326. The van der Waals surface area contributed by atoms with Crippen LogP contribution in [0.4, 0.5) is 0 Å². The van der Waals surface area contributed by atoms with Crippen molar-refractivity contribution < 1.29 is 19.1 Å². The molecular formula is C31H28N2O4. The Balaban J connectivity index is 1.49. The number of nitrogens with zero attached hydrogens (tertiary/aromatic N) is 2.